The van der Waals surface area contributed by atoms with Gasteiger partial charge >= 0.3 is 17.9 Å². The van der Waals surface area contributed by atoms with Crippen LogP contribution < -0.4 is 0 Å². The van der Waals surface area contributed by atoms with Crippen molar-refractivity contribution in [1.82, 2.24) is 0 Å². The van der Waals surface area contributed by atoms with Gasteiger partial charge < -0.3 is 14.2 Å². The molecular formula is C77H148O6. The molecule has 0 aromatic carbocycles. The highest BCUT2D eigenvalue weighted by Crippen LogP contribution is 2.20. The number of hydrogen-bond acceptors (Lipinski definition) is 6. The molecule has 0 aromatic heterocycles. The van der Waals surface area contributed by atoms with Crippen LogP contribution in [0.5, 0.6) is 0 Å². The minimum Gasteiger partial charge on any atom is -0.462 e. The van der Waals surface area contributed by atoms with Crippen LogP contribution in [0, 0.1) is 0 Å². The van der Waals surface area contributed by atoms with E-state index >= 15 is 0 Å². The SMILES string of the molecule is CCCCCCCC/C=C\CCCCCCCCCC(=O)OCC(COC(=O)CCCCCCCCCCCCCCCCCCCCCCCCCCCCCCC)OC(=O)CCCCCCCCCCCCCCCCCCCCC. The number of allylic oxidation sites excluding steroid dienone is 2. The summed E-state index contributed by atoms with van der Waals surface area (Å²) in [4.78, 5) is 38.5. The first-order chi connectivity index (χ1) is 41.0. The van der Waals surface area contributed by atoms with E-state index < -0.39 is 6.10 Å². The molecule has 1 atom stereocenters. The first kappa shape index (κ1) is 81.2. The van der Waals surface area contributed by atoms with Crippen LogP contribution in [0.25, 0.3) is 0 Å². The summed E-state index contributed by atoms with van der Waals surface area (Å²) < 4.78 is 17.0. The molecule has 6 nitrogen and oxygen atoms in total. The summed E-state index contributed by atoms with van der Waals surface area (Å²) in [5.74, 6) is -0.828. The lowest BCUT2D eigenvalue weighted by Crippen LogP contribution is -2.30. The summed E-state index contributed by atoms with van der Waals surface area (Å²) in [6.07, 6.45) is 88.3. The number of rotatable bonds is 72. The lowest BCUT2D eigenvalue weighted by molar-refractivity contribution is -0.167. The van der Waals surface area contributed by atoms with E-state index in [9.17, 15) is 14.4 Å². The van der Waals surface area contributed by atoms with E-state index in [1.165, 1.54) is 347 Å². The van der Waals surface area contributed by atoms with Gasteiger partial charge in [-0.1, -0.05) is 392 Å². The maximum absolute atomic E-state index is 13.0. The quantitative estimate of drug-likeness (QED) is 0.0261. The van der Waals surface area contributed by atoms with Crippen molar-refractivity contribution in [1.29, 1.82) is 0 Å². The molecule has 0 aliphatic heterocycles. The number of unbranched alkanes of at least 4 members (excludes halogenated alkanes) is 59. The average molecular weight is 1170 g/mol. The third kappa shape index (κ3) is 70.8. The third-order valence-electron chi connectivity index (χ3n) is 17.8. The third-order valence-corrected chi connectivity index (χ3v) is 17.8. The summed E-state index contributed by atoms with van der Waals surface area (Å²) in [5.41, 5.74) is 0. The Labute approximate surface area is 520 Å². The van der Waals surface area contributed by atoms with Gasteiger partial charge in [-0.25, -0.2) is 0 Å². The van der Waals surface area contributed by atoms with E-state index in [0.717, 1.165) is 57.8 Å². The molecule has 83 heavy (non-hydrogen) atoms. The Morgan fingerprint density at radius 2 is 0.398 bits per heavy atom. The van der Waals surface area contributed by atoms with E-state index in [0.29, 0.717) is 19.3 Å². The highest BCUT2D eigenvalue weighted by atomic mass is 16.6. The molecule has 1 unspecified atom stereocenters. The standard InChI is InChI=1S/C77H148O6/c1-4-7-10-13-16-19-22-25-28-31-33-34-35-36-37-38-39-40-41-42-44-46-49-52-55-58-61-64-67-70-76(79)82-73-74(72-81-75(78)69-66-63-60-57-54-51-48-45-30-27-24-21-18-15-12-9-6-3)83-77(80)71-68-65-62-59-56-53-50-47-43-32-29-26-23-20-17-14-11-8-5-2/h27,30,74H,4-26,28-29,31-73H2,1-3H3/b30-27-. The average Bonchev–Trinajstić information content (AvgIpc) is 3.50. The van der Waals surface area contributed by atoms with Crippen LogP contribution in [0.2, 0.25) is 0 Å². The number of esters is 3. The Kier molecular flexibility index (Phi) is 71.0. The second-order valence-corrected chi connectivity index (χ2v) is 26.3. The molecule has 0 amide bonds. The van der Waals surface area contributed by atoms with Crippen molar-refractivity contribution in [3.8, 4) is 0 Å². The zero-order valence-electron chi connectivity index (χ0n) is 56.8. The molecule has 0 spiro atoms. The van der Waals surface area contributed by atoms with E-state index in [-0.39, 0.29) is 31.1 Å². The topological polar surface area (TPSA) is 78.9 Å². The minimum atomic E-state index is -0.769. The molecule has 0 saturated carbocycles. The highest BCUT2D eigenvalue weighted by molar-refractivity contribution is 5.71. The van der Waals surface area contributed by atoms with Crippen molar-refractivity contribution in [2.45, 2.75) is 451 Å². The van der Waals surface area contributed by atoms with Gasteiger partial charge in [-0.3, -0.25) is 14.4 Å². The fourth-order valence-corrected chi connectivity index (χ4v) is 12.0. The summed E-state index contributed by atoms with van der Waals surface area (Å²) in [7, 11) is 0. The summed E-state index contributed by atoms with van der Waals surface area (Å²) in [5, 5.41) is 0. The molecule has 0 rings (SSSR count). The molecule has 0 saturated heterocycles. The Bertz CT molecular complexity index is 1300. The second-order valence-electron chi connectivity index (χ2n) is 26.3. The molecule has 0 aliphatic carbocycles. The highest BCUT2D eigenvalue weighted by Gasteiger charge is 2.20. The Balaban J connectivity index is 4.20. The summed E-state index contributed by atoms with van der Waals surface area (Å²) in [6, 6.07) is 0. The summed E-state index contributed by atoms with van der Waals surface area (Å²) in [6.45, 7) is 6.74. The Morgan fingerprint density at radius 1 is 0.229 bits per heavy atom. The lowest BCUT2D eigenvalue weighted by Gasteiger charge is -2.18. The monoisotopic (exact) mass is 1170 g/mol. The van der Waals surface area contributed by atoms with Crippen LogP contribution in [0.15, 0.2) is 12.2 Å². The molecule has 492 valence electrons. The van der Waals surface area contributed by atoms with Crippen molar-refractivity contribution in [3.05, 3.63) is 12.2 Å². The molecule has 0 fully saturated rings. The van der Waals surface area contributed by atoms with Crippen LogP contribution in [0.1, 0.15) is 445 Å². The predicted molar refractivity (Wildman–Crippen MR) is 363 cm³/mol. The van der Waals surface area contributed by atoms with Crippen molar-refractivity contribution in [2.24, 2.45) is 0 Å². The van der Waals surface area contributed by atoms with Gasteiger partial charge in [0.2, 0.25) is 0 Å². The smallest absolute Gasteiger partial charge is 0.306 e. The fourth-order valence-electron chi connectivity index (χ4n) is 12.0. The van der Waals surface area contributed by atoms with Gasteiger partial charge in [-0.2, -0.15) is 0 Å². The van der Waals surface area contributed by atoms with Crippen LogP contribution >= 0.6 is 0 Å². The maximum Gasteiger partial charge on any atom is 0.306 e. The van der Waals surface area contributed by atoms with E-state index in [1.54, 1.807) is 0 Å². The normalized spacial score (nSPS) is 12.0. The van der Waals surface area contributed by atoms with Crippen LogP contribution in [-0.2, 0) is 28.6 Å². The Morgan fingerprint density at radius 3 is 0.602 bits per heavy atom. The van der Waals surface area contributed by atoms with Crippen molar-refractivity contribution >= 4 is 17.9 Å². The predicted octanol–water partition coefficient (Wildman–Crippen LogP) is 26.3. The number of carbonyl (C=O) groups is 3. The molecule has 6 heteroatoms. The zero-order valence-corrected chi connectivity index (χ0v) is 56.8. The largest absolute Gasteiger partial charge is 0.462 e. The van der Waals surface area contributed by atoms with Gasteiger partial charge in [0.05, 0.1) is 0 Å². The van der Waals surface area contributed by atoms with Crippen molar-refractivity contribution in [3.63, 3.8) is 0 Å². The van der Waals surface area contributed by atoms with Gasteiger partial charge in [0, 0.05) is 19.3 Å². The van der Waals surface area contributed by atoms with Crippen molar-refractivity contribution < 1.29 is 28.6 Å². The molecule has 0 bridgehead atoms. The number of hydrogen-bond donors (Lipinski definition) is 0. The van der Waals surface area contributed by atoms with Gasteiger partial charge in [0.15, 0.2) is 6.10 Å². The lowest BCUT2D eigenvalue weighted by atomic mass is 10.0. The van der Waals surface area contributed by atoms with E-state index in [2.05, 4.69) is 32.9 Å². The van der Waals surface area contributed by atoms with Crippen molar-refractivity contribution in [2.75, 3.05) is 13.2 Å². The van der Waals surface area contributed by atoms with E-state index in [4.69, 9.17) is 14.2 Å². The molecule has 0 heterocycles. The van der Waals surface area contributed by atoms with Gasteiger partial charge in [-0.15, -0.1) is 0 Å². The number of carbonyl (C=O) groups excluding carboxylic acids is 3. The maximum atomic E-state index is 13.0. The zero-order chi connectivity index (χ0) is 59.9. The molecule has 0 aliphatic rings. The van der Waals surface area contributed by atoms with Gasteiger partial charge in [0.25, 0.3) is 0 Å². The van der Waals surface area contributed by atoms with Crippen LogP contribution in [0.4, 0.5) is 0 Å². The van der Waals surface area contributed by atoms with Crippen LogP contribution in [-0.4, -0.2) is 37.2 Å². The Hall–Kier alpha value is -1.85. The fraction of sp³-hybridized carbons (Fsp3) is 0.935. The minimum absolute atomic E-state index is 0.0640. The molecule has 0 N–H and O–H groups in total. The molecule has 0 radical (unpaired) electrons. The summed E-state index contributed by atoms with van der Waals surface area (Å²) >= 11 is 0. The first-order valence-electron chi connectivity index (χ1n) is 38.2. The van der Waals surface area contributed by atoms with Gasteiger partial charge in [-0.05, 0) is 44.9 Å². The number of ether oxygens (including phenoxy) is 3. The van der Waals surface area contributed by atoms with E-state index in [1.807, 2.05) is 0 Å². The molecule has 0 aromatic rings. The molecular weight excluding hydrogens is 1020 g/mol. The van der Waals surface area contributed by atoms with Gasteiger partial charge in [0.1, 0.15) is 13.2 Å². The second kappa shape index (κ2) is 72.6. The van der Waals surface area contributed by atoms with Crippen LogP contribution in [0.3, 0.4) is 0 Å². The first-order valence-corrected chi connectivity index (χ1v) is 38.2.